The van der Waals surface area contributed by atoms with Gasteiger partial charge < -0.3 is 25.8 Å². The zero-order chi connectivity index (χ0) is 15.7. The summed E-state index contributed by atoms with van der Waals surface area (Å²) in [6.45, 7) is 2.95. The zero-order valence-corrected chi connectivity index (χ0v) is 11.0. The van der Waals surface area contributed by atoms with Crippen LogP contribution in [0.4, 0.5) is 0 Å². The lowest BCUT2D eigenvalue weighted by Gasteiger charge is -2.22. The highest BCUT2D eigenvalue weighted by atomic mass is 16.6. The molecule has 0 aromatic carbocycles. The Hall–Kier alpha value is -1.78. The number of aliphatic hydroxyl groups excluding tert-OH is 3. The minimum absolute atomic E-state index is 0.0774. The molecule has 1 aromatic heterocycles. The van der Waals surface area contributed by atoms with Crippen LogP contribution < -0.4 is 17.0 Å². The molecule has 1 aliphatic rings. The Morgan fingerprint density at radius 1 is 1.48 bits per heavy atom. The molecule has 1 fully saturated rings. The van der Waals surface area contributed by atoms with Crippen molar-refractivity contribution in [3.63, 3.8) is 0 Å². The lowest BCUT2D eigenvalue weighted by Crippen LogP contribution is -2.41. The quantitative estimate of drug-likeness (QED) is 0.380. The van der Waals surface area contributed by atoms with Crippen LogP contribution in [0.2, 0.25) is 0 Å². The average molecular weight is 299 g/mol. The number of aromatic nitrogens is 2. The SMILES string of the molecule is C=CC(N)c1cc(=O)[nH]c(=O)n1[C@@H]1O[C@H](CO)[C@@H](O)[C@H]1O. The van der Waals surface area contributed by atoms with Crippen molar-refractivity contribution in [3.05, 3.63) is 45.3 Å². The predicted octanol–water partition coefficient (Wildman–Crippen LogP) is -2.67. The van der Waals surface area contributed by atoms with Crippen LogP contribution in [0, 0.1) is 0 Å². The molecule has 5 atom stereocenters. The number of aliphatic hydroxyl groups is 3. The largest absolute Gasteiger partial charge is 0.394 e. The van der Waals surface area contributed by atoms with E-state index in [0.29, 0.717) is 0 Å². The number of nitrogens with two attached hydrogens (primary N) is 1. The summed E-state index contributed by atoms with van der Waals surface area (Å²) in [6.07, 6.45) is -3.83. The molecule has 2 heterocycles. The number of aromatic amines is 1. The van der Waals surface area contributed by atoms with Gasteiger partial charge in [-0.15, -0.1) is 6.58 Å². The lowest BCUT2D eigenvalue weighted by atomic mass is 10.1. The molecular weight excluding hydrogens is 282 g/mol. The summed E-state index contributed by atoms with van der Waals surface area (Å²) in [5.41, 5.74) is 4.35. The molecule has 9 heteroatoms. The van der Waals surface area contributed by atoms with E-state index < -0.39 is 48.4 Å². The van der Waals surface area contributed by atoms with Crippen molar-refractivity contribution >= 4 is 0 Å². The monoisotopic (exact) mass is 299 g/mol. The summed E-state index contributed by atoms with van der Waals surface area (Å²) in [4.78, 5) is 25.4. The summed E-state index contributed by atoms with van der Waals surface area (Å²) in [5, 5.41) is 28.8. The lowest BCUT2D eigenvalue weighted by molar-refractivity contribution is -0.0564. The Bertz CT molecular complexity index is 639. The molecule has 6 N–H and O–H groups in total. The number of hydrogen-bond acceptors (Lipinski definition) is 7. The zero-order valence-electron chi connectivity index (χ0n) is 11.0. The second-order valence-corrected chi connectivity index (χ2v) is 4.72. The van der Waals surface area contributed by atoms with Gasteiger partial charge in [-0.05, 0) is 0 Å². The van der Waals surface area contributed by atoms with Gasteiger partial charge >= 0.3 is 5.69 Å². The second-order valence-electron chi connectivity index (χ2n) is 4.72. The Balaban J connectivity index is 2.56. The molecule has 0 spiro atoms. The Morgan fingerprint density at radius 3 is 2.67 bits per heavy atom. The fraction of sp³-hybridized carbons (Fsp3) is 0.500. The first kappa shape index (κ1) is 15.6. The van der Waals surface area contributed by atoms with Gasteiger partial charge in [-0.3, -0.25) is 14.3 Å². The van der Waals surface area contributed by atoms with Crippen LogP contribution in [0.5, 0.6) is 0 Å². The van der Waals surface area contributed by atoms with Crippen LogP contribution in [0.3, 0.4) is 0 Å². The maximum Gasteiger partial charge on any atom is 0.330 e. The van der Waals surface area contributed by atoms with Crippen molar-refractivity contribution in [1.29, 1.82) is 0 Å². The molecule has 0 amide bonds. The third kappa shape index (κ3) is 2.69. The Morgan fingerprint density at radius 2 is 2.14 bits per heavy atom. The van der Waals surface area contributed by atoms with E-state index in [0.717, 1.165) is 10.6 Å². The average Bonchev–Trinajstić information content (AvgIpc) is 2.73. The maximum atomic E-state index is 12.0. The van der Waals surface area contributed by atoms with Crippen molar-refractivity contribution in [2.24, 2.45) is 5.73 Å². The molecule has 0 saturated carbocycles. The molecule has 1 saturated heterocycles. The van der Waals surface area contributed by atoms with Crippen LogP contribution in [-0.4, -0.2) is 49.8 Å². The summed E-state index contributed by atoms with van der Waals surface area (Å²) in [7, 11) is 0. The standard InChI is InChI=1S/C12H17N3O6/c1-2-5(13)6-3-8(17)14-12(20)15(6)11-10(19)9(18)7(4-16)21-11/h2-3,5,7,9-11,16,18-19H,1,4,13H2,(H,14,17,20)/t5?,7-,9-,10-,11-/m1/s1. The molecule has 21 heavy (non-hydrogen) atoms. The Kier molecular flexibility index (Phi) is 4.40. The van der Waals surface area contributed by atoms with E-state index >= 15 is 0 Å². The third-order valence-electron chi connectivity index (χ3n) is 3.37. The van der Waals surface area contributed by atoms with Crippen LogP contribution >= 0.6 is 0 Å². The first-order chi connectivity index (χ1) is 9.90. The smallest absolute Gasteiger partial charge is 0.330 e. The van der Waals surface area contributed by atoms with E-state index in [9.17, 15) is 19.8 Å². The summed E-state index contributed by atoms with van der Waals surface area (Å²) in [5.74, 6) is 0. The summed E-state index contributed by atoms with van der Waals surface area (Å²) < 4.78 is 6.22. The molecule has 1 aromatic rings. The Labute approximate surface area is 118 Å². The minimum Gasteiger partial charge on any atom is -0.394 e. The van der Waals surface area contributed by atoms with Crippen molar-refractivity contribution in [3.8, 4) is 0 Å². The second kappa shape index (κ2) is 5.92. The molecular formula is C12H17N3O6. The summed E-state index contributed by atoms with van der Waals surface area (Å²) in [6, 6.07) is 0.240. The van der Waals surface area contributed by atoms with E-state index in [2.05, 4.69) is 6.58 Å². The highest BCUT2D eigenvalue weighted by molar-refractivity contribution is 5.14. The topological polar surface area (TPSA) is 151 Å². The minimum atomic E-state index is -1.46. The molecule has 9 nitrogen and oxygen atoms in total. The van der Waals surface area contributed by atoms with Gasteiger partial charge in [-0.25, -0.2) is 4.79 Å². The van der Waals surface area contributed by atoms with Gasteiger partial charge in [-0.2, -0.15) is 0 Å². The number of hydrogen-bond donors (Lipinski definition) is 5. The van der Waals surface area contributed by atoms with Gasteiger partial charge in [0.25, 0.3) is 5.56 Å². The van der Waals surface area contributed by atoms with Crippen molar-refractivity contribution in [1.82, 2.24) is 9.55 Å². The van der Waals surface area contributed by atoms with Gasteiger partial charge in [0, 0.05) is 6.07 Å². The maximum absolute atomic E-state index is 12.0. The van der Waals surface area contributed by atoms with Crippen LogP contribution in [-0.2, 0) is 4.74 Å². The summed E-state index contributed by atoms with van der Waals surface area (Å²) >= 11 is 0. The van der Waals surface area contributed by atoms with Gasteiger partial charge in [-0.1, -0.05) is 6.08 Å². The molecule has 1 aliphatic heterocycles. The van der Waals surface area contributed by atoms with Crippen LogP contribution in [0.15, 0.2) is 28.3 Å². The first-order valence-electron chi connectivity index (χ1n) is 6.27. The van der Waals surface area contributed by atoms with E-state index in [1.165, 1.54) is 6.08 Å². The number of rotatable bonds is 4. The van der Waals surface area contributed by atoms with Crippen molar-refractivity contribution in [2.75, 3.05) is 6.61 Å². The van der Waals surface area contributed by atoms with Gasteiger partial charge in [0.05, 0.1) is 18.3 Å². The van der Waals surface area contributed by atoms with Gasteiger partial charge in [0.2, 0.25) is 0 Å². The predicted molar refractivity (Wildman–Crippen MR) is 71.5 cm³/mol. The van der Waals surface area contributed by atoms with Crippen molar-refractivity contribution in [2.45, 2.75) is 30.6 Å². The number of ether oxygens (including phenoxy) is 1. The van der Waals surface area contributed by atoms with Crippen molar-refractivity contribution < 1.29 is 20.1 Å². The molecule has 2 rings (SSSR count). The highest BCUT2D eigenvalue weighted by Crippen LogP contribution is 2.29. The molecule has 0 aliphatic carbocycles. The van der Waals surface area contributed by atoms with Gasteiger partial charge in [0.1, 0.15) is 18.3 Å². The van der Waals surface area contributed by atoms with Gasteiger partial charge in [0.15, 0.2) is 6.23 Å². The number of nitrogens with one attached hydrogen (secondary N) is 1. The van der Waals surface area contributed by atoms with Crippen LogP contribution in [0.25, 0.3) is 0 Å². The molecule has 0 radical (unpaired) electrons. The first-order valence-corrected chi connectivity index (χ1v) is 6.27. The third-order valence-corrected chi connectivity index (χ3v) is 3.37. The molecule has 1 unspecified atom stereocenters. The fourth-order valence-corrected chi connectivity index (χ4v) is 2.26. The molecule has 116 valence electrons. The number of nitrogens with zero attached hydrogens (tertiary/aromatic N) is 1. The normalized spacial score (nSPS) is 30.3. The van der Waals surface area contributed by atoms with E-state index in [1.807, 2.05) is 4.98 Å². The van der Waals surface area contributed by atoms with E-state index in [4.69, 9.17) is 15.6 Å². The fourth-order valence-electron chi connectivity index (χ4n) is 2.26. The van der Waals surface area contributed by atoms with E-state index in [1.54, 1.807) is 0 Å². The number of H-pyrrole nitrogens is 1. The van der Waals surface area contributed by atoms with E-state index in [-0.39, 0.29) is 5.69 Å². The van der Waals surface area contributed by atoms with Crippen LogP contribution in [0.1, 0.15) is 18.0 Å². The molecule has 0 bridgehead atoms. The highest BCUT2D eigenvalue weighted by Gasteiger charge is 2.44.